The van der Waals surface area contributed by atoms with Gasteiger partial charge in [-0.25, -0.2) is 0 Å². The second kappa shape index (κ2) is 6.66. The summed E-state index contributed by atoms with van der Waals surface area (Å²) in [5.41, 5.74) is 2.25. The minimum absolute atomic E-state index is 0.167. The Bertz CT molecular complexity index is 866. The Kier molecular flexibility index (Phi) is 4.42. The van der Waals surface area contributed by atoms with Crippen molar-refractivity contribution in [1.82, 2.24) is 4.57 Å². The molecule has 1 aromatic heterocycles. The summed E-state index contributed by atoms with van der Waals surface area (Å²) in [5, 5.41) is 3.83. The summed E-state index contributed by atoms with van der Waals surface area (Å²) in [7, 11) is 3.50. The van der Waals surface area contributed by atoms with Crippen molar-refractivity contribution >= 4 is 22.5 Å². The Morgan fingerprint density at radius 2 is 1.92 bits per heavy atom. The summed E-state index contributed by atoms with van der Waals surface area (Å²) in [6.07, 6.45) is 0. The molecule has 0 bridgehead atoms. The molecule has 0 unspecified atom stereocenters. The molecule has 2 aromatic carbocycles. The number of rotatable bonds is 5. The van der Waals surface area contributed by atoms with Crippen molar-refractivity contribution in [2.45, 2.75) is 6.92 Å². The van der Waals surface area contributed by atoms with Gasteiger partial charge in [0.1, 0.15) is 17.2 Å². The van der Waals surface area contributed by atoms with Gasteiger partial charge in [0.2, 0.25) is 0 Å². The summed E-state index contributed by atoms with van der Waals surface area (Å²) >= 11 is 0. The third kappa shape index (κ3) is 2.93. The van der Waals surface area contributed by atoms with Crippen LogP contribution in [0.2, 0.25) is 0 Å². The van der Waals surface area contributed by atoms with E-state index < -0.39 is 0 Å². The van der Waals surface area contributed by atoms with Crippen LogP contribution >= 0.6 is 0 Å². The number of benzene rings is 2. The third-order valence-electron chi connectivity index (χ3n) is 3.92. The van der Waals surface area contributed by atoms with E-state index in [1.54, 1.807) is 7.11 Å². The molecule has 0 spiro atoms. The topological polar surface area (TPSA) is 52.5 Å². The highest BCUT2D eigenvalue weighted by molar-refractivity contribution is 6.07. The Hall–Kier alpha value is -2.95. The van der Waals surface area contributed by atoms with E-state index in [1.807, 2.05) is 67.1 Å². The summed E-state index contributed by atoms with van der Waals surface area (Å²) in [6.45, 7) is 2.55. The predicted molar refractivity (Wildman–Crippen MR) is 95.0 cm³/mol. The third-order valence-corrected chi connectivity index (χ3v) is 3.92. The van der Waals surface area contributed by atoms with Crippen LogP contribution in [0, 0.1) is 0 Å². The van der Waals surface area contributed by atoms with Gasteiger partial charge in [-0.15, -0.1) is 0 Å². The lowest BCUT2D eigenvalue weighted by molar-refractivity contribution is 0.101. The molecule has 5 nitrogen and oxygen atoms in total. The molecule has 0 saturated carbocycles. The number of amides is 1. The number of nitrogens with one attached hydrogen (secondary N) is 1. The highest BCUT2D eigenvalue weighted by Gasteiger charge is 2.15. The number of carbonyl (C=O) groups excluding carboxylic acids is 1. The van der Waals surface area contributed by atoms with Gasteiger partial charge < -0.3 is 19.4 Å². The molecule has 0 aliphatic carbocycles. The van der Waals surface area contributed by atoms with Gasteiger partial charge in [0.05, 0.1) is 19.2 Å². The Morgan fingerprint density at radius 3 is 2.58 bits per heavy atom. The zero-order valence-electron chi connectivity index (χ0n) is 14.0. The number of aryl methyl sites for hydroxylation is 1. The lowest BCUT2D eigenvalue weighted by Crippen LogP contribution is -2.15. The first kappa shape index (κ1) is 15.9. The van der Waals surface area contributed by atoms with Gasteiger partial charge in [0, 0.05) is 18.1 Å². The van der Waals surface area contributed by atoms with Crippen molar-refractivity contribution in [3.05, 3.63) is 54.2 Å². The largest absolute Gasteiger partial charge is 0.496 e. The fourth-order valence-corrected chi connectivity index (χ4v) is 2.73. The molecule has 0 atom stereocenters. The molecule has 0 radical (unpaired) electrons. The number of aromatic nitrogens is 1. The van der Waals surface area contributed by atoms with E-state index in [0.717, 1.165) is 28.1 Å². The molecule has 0 fully saturated rings. The number of fused-ring (bicyclic) bond motifs is 1. The maximum absolute atomic E-state index is 12.6. The maximum Gasteiger partial charge on any atom is 0.272 e. The van der Waals surface area contributed by atoms with Crippen LogP contribution in [0.15, 0.2) is 48.5 Å². The molecule has 5 heteroatoms. The summed E-state index contributed by atoms with van der Waals surface area (Å²) < 4.78 is 12.6. The quantitative estimate of drug-likeness (QED) is 0.776. The van der Waals surface area contributed by atoms with Crippen LogP contribution in [0.25, 0.3) is 10.9 Å². The first-order chi connectivity index (χ1) is 11.6. The monoisotopic (exact) mass is 324 g/mol. The van der Waals surface area contributed by atoms with Gasteiger partial charge in [0.15, 0.2) is 0 Å². The molecule has 3 rings (SSSR count). The van der Waals surface area contributed by atoms with Gasteiger partial charge in [-0.2, -0.15) is 0 Å². The normalized spacial score (nSPS) is 10.6. The molecular weight excluding hydrogens is 304 g/mol. The lowest BCUT2D eigenvalue weighted by atomic mass is 10.2. The number of anilines is 1. The number of methoxy groups -OCH3 is 1. The van der Waals surface area contributed by atoms with Crippen molar-refractivity contribution in [1.29, 1.82) is 0 Å². The van der Waals surface area contributed by atoms with Crippen LogP contribution in [0.4, 0.5) is 5.69 Å². The smallest absolute Gasteiger partial charge is 0.272 e. The van der Waals surface area contributed by atoms with E-state index in [9.17, 15) is 4.79 Å². The maximum atomic E-state index is 12.6. The van der Waals surface area contributed by atoms with E-state index in [-0.39, 0.29) is 5.91 Å². The lowest BCUT2D eigenvalue weighted by Gasteiger charge is -2.08. The second-order valence-electron chi connectivity index (χ2n) is 5.39. The van der Waals surface area contributed by atoms with Crippen LogP contribution in [0.5, 0.6) is 11.5 Å². The SMILES string of the molecule is CCOc1ccc(NC(=O)c2cc3c(OC)cccc3n2C)cc1. The average molecular weight is 324 g/mol. The predicted octanol–water partition coefficient (Wildman–Crippen LogP) is 3.84. The van der Waals surface area contributed by atoms with Crippen LogP contribution in [-0.4, -0.2) is 24.2 Å². The first-order valence-electron chi connectivity index (χ1n) is 7.80. The molecule has 0 aliphatic heterocycles. The fourth-order valence-electron chi connectivity index (χ4n) is 2.73. The average Bonchev–Trinajstić information content (AvgIpc) is 2.94. The molecule has 124 valence electrons. The van der Waals surface area contributed by atoms with E-state index in [1.165, 1.54) is 0 Å². The number of hydrogen-bond acceptors (Lipinski definition) is 3. The molecule has 0 saturated heterocycles. The van der Waals surface area contributed by atoms with Gasteiger partial charge in [0.25, 0.3) is 5.91 Å². The Labute approximate surface area is 140 Å². The van der Waals surface area contributed by atoms with E-state index >= 15 is 0 Å². The van der Waals surface area contributed by atoms with Crippen molar-refractivity contribution in [3.63, 3.8) is 0 Å². The number of hydrogen-bond donors (Lipinski definition) is 1. The highest BCUT2D eigenvalue weighted by atomic mass is 16.5. The van der Waals surface area contributed by atoms with E-state index in [4.69, 9.17) is 9.47 Å². The molecule has 3 aromatic rings. The van der Waals surface area contributed by atoms with Gasteiger partial charge >= 0.3 is 0 Å². The van der Waals surface area contributed by atoms with Gasteiger partial charge in [-0.1, -0.05) is 6.07 Å². The minimum Gasteiger partial charge on any atom is -0.496 e. The van der Waals surface area contributed by atoms with Crippen LogP contribution in [0.3, 0.4) is 0 Å². The summed E-state index contributed by atoms with van der Waals surface area (Å²) in [4.78, 5) is 12.6. The Morgan fingerprint density at radius 1 is 1.17 bits per heavy atom. The number of ether oxygens (including phenoxy) is 2. The zero-order valence-corrected chi connectivity index (χ0v) is 14.0. The van der Waals surface area contributed by atoms with Crippen molar-refractivity contribution < 1.29 is 14.3 Å². The summed E-state index contributed by atoms with van der Waals surface area (Å²) in [5.74, 6) is 1.37. The number of carbonyl (C=O) groups is 1. The zero-order chi connectivity index (χ0) is 17.1. The number of nitrogens with zero attached hydrogens (tertiary/aromatic N) is 1. The highest BCUT2D eigenvalue weighted by Crippen LogP contribution is 2.28. The van der Waals surface area contributed by atoms with Crippen molar-refractivity contribution in [3.8, 4) is 11.5 Å². The summed E-state index contributed by atoms with van der Waals surface area (Å²) in [6, 6.07) is 14.9. The van der Waals surface area contributed by atoms with Crippen LogP contribution in [-0.2, 0) is 7.05 Å². The Balaban J connectivity index is 1.87. The van der Waals surface area contributed by atoms with Crippen molar-refractivity contribution in [2.24, 2.45) is 7.05 Å². The second-order valence-corrected chi connectivity index (χ2v) is 5.39. The molecule has 1 N–H and O–H groups in total. The van der Waals surface area contributed by atoms with Crippen LogP contribution < -0.4 is 14.8 Å². The molecule has 0 aliphatic rings. The van der Waals surface area contributed by atoms with Gasteiger partial charge in [-0.05, 0) is 49.4 Å². The molecule has 1 heterocycles. The van der Waals surface area contributed by atoms with Crippen LogP contribution in [0.1, 0.15) is 17.4 Å². The molecule has 1 amide bonds. The minimum atomic E-state index is -0.167. The fraction of sp³-hybridized carbons (Fsp3) is 0.211. The molecule has 24 heavy (non-hydrogen) atoms. The van der Waals surface area contributed by atoms with Gasteiger partial charge in [-0.3, -0.25) is 4.79 Å². The van der Waals surface area contributed by atoms with E-state index in [2.05, 4.69) is 5.32 Å². The van der Waals surface area contributed by atoms with E-state index in [0.29, 0.717) is 12.3 Å². The van der Waals surface area contributed by atoms with Crippen molar-refractivity contribution in [2.75, 3.05) is 19.0 Å². The standard InChI is InChI=1S/C19H20N2O3/c1-4-24-14-10-8-13(9-11-14)20-19(22)17-12-15-16(21(17)2)6-5-7-18(15)23-3/h5-12H,4H2,1-3H3,(H,20,22). The first-order valence-corrected chi connectivity index (χ1v) is 7.80. The molecular formula is C19H20N2O3.